The van der Waals surface area contributed by atoms with Gasteiger partial charge in [-0.15, -0.1) is 0 Å². The number of piperazine rings is 1. The van der Waals surface area contributed by atoms with Crippen LogP contribution in [-0.4, -0.2) is 68.8 Å². The quantitative estimate of drug-likeness (QED) is 0.655. The van der Waals surface area contributed by atoms with Crippen LogP contribution < -0.4 is 5.73 Å². The Bertz CT molecular complexity index is 203. The lowest BCUT2D eigenvalue weighted by atomic mass is 10.1. The standard InChI is InChI=1S/C14H31N3O/c1-13(2)12-18-9-8-16-4-6-17(7-5-16)11-14(3)10-15/h13-14H,4-12,15H2,1-3H3. The number of nitrogens with two attached hydrogens (primary N) is 1. The zero-order valence-electron chi connectivity index (χ0n) is 12.4. The second-order valence-electron chi connectivity index (χ2n) is 5.95. The predicted molar refractivity (Wildman–Crippen MR) is 76.8 cm³/mol. The predicted octanol–water partition coefficient (Wildman–Crippen LogP) is 0.871. The molecule has 0 saturated carbocycles. The lowest BCUT2D eigenvalue weighted by Gasteiger charge is -2.35. The monoisotopic (exact) mass is 257 g/mol. The average molecular weight is 257 g/mol. The van der Waals surface area contributed by atoms with Crippen LogP contribution in [0.1, 0.15) is 20.8 Å². The highest BCUT2D eigenvalue weighted by atomic mass is 16.5. The Kier molecular flexibility index (Phi) is 7.82. The van der Waals surface area contributed by atoms with Crippen LogP contribution in [0.25, 0.3) is 0 Å². The number of hydrogen-bond acceptors (Lipinski definition) is 4. The first kappa shape index (κ1) is 15.9. The van der Waals surface area contributed by atoms with Crippen LogP contribution in [0.2, 0.25) is 0 Å². The Balaban J connectivity index is 2.04. The molecule has 1 unspecified atom stereocenters. The van der Waals surface area contributed by atoms with E-state index in [2.05, 4.69) is 30.6 Å². The van der Waals surface area contributed by atoms with Gasteiger partial charge in [-0.1, -0.05) is 20.8 Å². The molecule has 4 heteroatoms. The zero-order valence-corrected chi connectivity index (χ0v) is 12.4. The summed E-state index contributed by atoms with van der Waals surface area (Å²) in [6, 6.07) is 0. The summed E-state index contributed by atoms with van der Waals surface area (Å²) in [6.45, 7) is 16.1. The van der Waals surface area contributed by atoms with Crippen LogP contribution in [0.5, 0.6) is 0 Å². The summed E-state index contributed by atoms with van der Waals surface area (Å²) in [6.07, 6.45) is 0. The molecule has 0 amide bonds. The maximum Gasteiger partial charge on any atom is 0.0593 e. The smallest absolute Gasteiger partial charge is 0.0593 e. The maximum atomic E-state index is 5.67. The van der Waals surface area contributed by atoms with Crippen LogP contribution in [0.4, 0.5) is 0 Å². The molecule has 1 saturated heterocycles. The minimum absolute atomic E-state index is 0.617. The summed E-state index contributed by atoms with van der Waals surface area (Å²) in [5, 5.41) is 0. The van der Waals surface area contributed by atoms with E-state index in [9.17, 15) is 0 Å². The Morgan fingerprint density at radius 2 is 1.67 bits per heavy atom. The third-order valence-electron chi connectivity index (χ3n) is 3.44. The number of rotatable bonds is 8. The van der Waals surface area contributed by atoms with E-state index in [-0.39, 0.29) is 0 Å². The molecule has 1 fully saturated rings. The molecule has 1 rings (SSSR count). The summed E-state index contributed by atoms with van der Waals surface area (Å²) >= 11 is 0. The van der Waals surface area contributed by atoms with E-state index in [1.165, 1.54) is 26.2 Å². The van der Waals surface area contributed by atoms with Crippen molar-refractivity contribution >= 4 is 0 Å². The van der Waals surface area contributed by atoms with Crippen molar-refractivity contribution in [3.05, 3.63) is 0 Å². The van der Waals surface area contributed by atoms with Gasteiger partial charge >= 0.3 is 0 Å². The van der Waals surface area contributed by atoms with Crippen molar-refractivity contribution in [1.82, 2.24) is 9.80 Å². The van der Waals surface area contributed by atoms with Crippen LogP contribution in [0.15, 0.2) is 0 Å². The third-order valence-corrected chi connectivity index (χ3v) is 3.44. The van der Waals surface area contributed by atoms with Crippen molar-refractivity contribution in [2.45, 2.75) is 20.8 Å². The molecule has 0 aromatic heterocycles. The first-order chi connectivity index (χ1) is 8.61. The van der Waals surface area contributed by atoms with E-state index < -0.39 is 0 Å². The Hall–Kier alpha value is -0.160. The van der Waals surface area contributed by atoms with Gasteiger partial charge in [0, 0.05) is 45.9 Å². The summed E-state index contributed by atoms with van der Waals surface area (Å²) < 4.78 is 5.63. The van der Waals surface area contributed by atoms with Crippen molar-refractivity contribution in [3.63, 3.8) is 0 Å². The van der Waals surface area contributed by atoms with Gasteiger partial charge in [-0.3, -0.25) is 4.90 Å². The Labute approximate surface area is 112 Å². The van der Waals surface area contributed by atoms with E-state index in [0.29, 0.717) is 11.8 Å². The topological polar surface area (TPSA) is 41.7 Å². The fraction of sp³-hybridized carbons (Fsp3) is 1.00. The largest absolute Gasteiger partial charge is 0.380 e. The molecule has 0 aliphatic carbocycles. The second kappa shape index (κ2) is 8.86. The van der Waals surface area contributed by atoms with Gasteiger partial charge < -0.3 is 15.4 Å². The lowest BCUT2D eigenvalue weighted by Crippen LogP contribution is -2.48. The van der Waals surface area contributed by atoms with Crippen molar-refractivity contribution in [3.8, 4) is 0 Å². The van der Waals surface area contributed by atoms with Crippen LogP contribution in [-0.2, 0) is 4.74 Å². The molecule has 0 aromatic rings. The third kappa shape index (κ3) is 6.69. The van der Waals surface area contributed by atoms with Gasteiger partial charge in [-0.2, -0.15) is 0 Å². The molecular weight excluding hydrogens is 226 g/mol. The van der Waals surface area contributed by atoms with Crippen molar-refractivity contribution < 1.29 is 4.74 Å². The van der Waals surface area contributed by atoms with Gasteiger partial charge in [0.2, 0.25) is 0 Å². The van der Waals surface area contributed by atoms with Crippen LogP contribution in [0, 0.1) is 11.8 Å². The van der Waals surface area contributed by atoms with Gasteiger partial charge in [0.1, 0.15) is 0 Å². The molecule has 1 atom stereocenters. The van der Waals surface area contributed by atoms with Gasteiger partial charge in [0.25, 0.3) is 0 Å². The van der Waals surface area contributed by atoms with E-state index >= 15 is 0 Å². The first-order valence-corrected chi connectivity index (χ1v) is 7.34. The van der Waals surface area contributed by atoms with Crippen molar-refractivity contribution in [2.75, 3.05) is 59.0 Å². The molecule has 0 aromatic carbocycles. The molecule has 1 heterocycles. The summed E-state index contributed by atoms with van der Waals surface area (Å²) in [4.78, 5) is 5.03. The van der Waals surface area contributed by atoms with Gasteiger partial charge in [0.05, 0.1) is 6.61 Å². The fourth-order valence-corrected chi connectivity index (χ4v) is 2.22. The Morgan fingerprint density at radius 1 is 1.06 bits per heavy atom. The first-order valence-electron chi connectivity index (χ1n) is 7.34. The van der Waals surface area contributed by atoms with Gasteiger partial charge in [-0.25, -0.2) is 0 Å². The van der Waals surface area contributed by atoms with Crippen LogP contribution >= 0.6 is 0 Å². The highest BCUT2D eigenvalue weighted by molar-refractivity contribution is 4.73. The van der Waals surface area contributed by atoms with E-state index in [1.54, 1.807) is 0 Å². The summed E-state index contributed by atoms with van der Waals surface area (Å²) in [5.41, 5.74) is 5.67. The molecular formula is C14H31N3O. The molecule has 2 N–H and O–H groups in total. The number of ether oxygens (including phenoxy) is 1. The van der Waals surface area contributed by atoms with Crippen molar-refractivity contribution in [1.29, 1.82) is 0 Å². The minimum Gasteiger partial charge on any atom is -0.380 e. The SMILES string of the molecule is CC(C)COCCN1CCN(CC(C)CN)CC1. The van der Waals surface area contributed by atoms with E-state index in [0.717, 1.165) is 32.8 Å². The molecule has 1 aliphatic heterocycles. The molecule has 4 nitrogen and oxygen atoms in total. The van der Waals surface area contributed by atoms with E-state index in [1.807, 2.05) is 0 Å². The van der Waals surface area contributed by atoms with E-state index in [4.69, 9.17) is 10.5 Å². The summed E-state index contributed by atoms with van der Waals surface area (Å²) in [5.74, 6) is 1.26. The minimum atomic E-state index is 0.617. The number of hydrogen-bond donors (Lipinski definition) is 1. The molecule has 108 valence electrons. The fourth-order valence-electron chi connectivity index (χ4n) is 2.22. The zero-order chi connectivity index (χ0) is 13.4. The maximum absolute atomic E-state index is 5.67. The lowest BCUT2D eigenvalue weighted by molar-refractivity contribution is 0.0618. The highest BCUT2D eigenvalue weighted by Gasteiger charge is 2.17. The highest BCUT2D eigenvalue weighted by Crippen LogP contribution is 2.05. The molecule has 0 bridgehead atoms. The Morgan fingerprint density at radius 3 is 2.22 bits per heavy atom. The molecule has 18 heavy (non-hydrogen) atoms. The molecule has 1 aliphatic rings. The van der Waals surface area contributed by atoms with Crippen LogP contribution in [0.3, 0.4) is 0 Å². The second-order valence-corrected chi connectivity index (χ2v) is 5.95. The van der Waals surface area contributed by atoms with Gasteiger partial charge in [0.15, 0.2) is 0 Å². The average Bonchev–Trinajstić information content (AvgIpc) is 2.36. The molecule has 0 spiro atoms. The number of nitrogens with zero attached hydrogens (tertiary/aromatic N) is 2. The summed E-state index contributed by atoms with van der Waals surface area (Å²) in [7, 11) is 0. The molecule has 0 radical (unpaired) electrons. The normalized spacial score (nSPS) is 20.5. The van der Waals surface area contributed by atoms with Gasteiger partial charge in [-0.05, 0) is 18.4 Å². The van der Waals surface area contributed by atoms with Crippen molar-refractivity contribution in [2.24, 2.45) is 17.6 Å².